The fourth-order valence-corrected chi connectivity index (χ4v) is 2.49. The minimum Gasteiger partial charge on any atom is -0.490 e. The number of rotatable bonds is 7. The Hall–Kier alpha value is -2.52. The molecule has 0 aromatic heterocycles. The van der Waals surface area contributed by atoms with Gasteiger partial charge in [-0.2, -0.15) is 5.26 Å². The molecule has 0 saturated heterocycles. The van der Waals surface area contributed by atoms with Gasteiger partial charge in [-0.25, -0.2) is 0 Å². The zero-order valence-corrected chi connectivity index (χ0v) is 15.7. The van der Waals surface area contributed by atoms with E-state index < -0.39 is 0 Å². The smallest absolute Gasteiger partial charge is 0.258 e. The molecule has 0 aliphatic heterocycles. The Morgan fingerprint density at radius 1 is 1.20 bits per heavy atom. The Morgan fingerprint density at radius 2 is 1.92 bits per heavy atom. The van der Waals surface area contributed by atoms with Crippen LogP contribution in [-0.2, 0) is 4.79 Å². The van der Waals surface area contributed by atoms with Gasteiger partial charge < -0.3 is 14.8 Å². The molecule has 2 rings (SSSR count). The van der Waals surface area contributed by atoms with Crippen LogP contribution in [0.2, 0.25) is 0 Å². The monoisotopic (exact) mass is 402 g/mol. The fourth-order valence-electron chi connectivity index (χ4n) is 2.23. The van der Waals surface area contributed by atoms with Crippen LogP contribution in [-0.4, -0.2) is 19.1 Å². The molecular weight excluding hydrogens is 384 g/mol. The van der Waals surface area contributed by atoms with Gasteiger partial charge in [0, 0.05) is 10.5 Å². The van der Waals surface area contributed by atoms with E-state index in [0.717, 1.165) is 10.0 Å². The summed E-state index contributed by atoms with van der Waals surface area (Å²) in [5.74, 6) is 0.657. The molecular formula is C19H19BrN2O3. The topological polar surface area (TPSA) is 71.3 Å². The van der Waals surface area contributed by atoms with Gasteiger partial charge in [0.1, 0.15) is 0 Å². The summed E-state index contributed by atoms with van der Waals surface area (Å²) in [6.45, 7) is 4.06. The molecule has 1 amide bonds. The predicted molar refractivity (Wildman–Crippen MR) is 98.5 cm³/mol. The summed E-state index contributed by atoms with van der Waals surface area (Å²) in [7, 11) is 0. The quantitative estimate of drug-likeness (QED) is 0.759. The molecule has 0 bridgehead atoms. The highest BCUT2D eigenvalue weighted by molar-refractivity contribution is 9.10. The van der Waals surface area contributed by atoms with Crippen molar-refractivity contribution in [1.29, 1.82) is 5.26 Å². The van der Waals surface area contributed by atoms with Crippen LogP contribution in [0.25, 0.3) is 0 Å². The molecule has 130 valence electrons. The Morgan fingerprint density at radius 3 is 2.56 bits per heavy atom. The normalized spacial score (nSPS) is 11.3. The SMILES string of the molecule is CCOc1cc(C#N)ccc1OCC(=O)NC(C)c1ccc(Br)cc1. The van der Waals surface area contributed by atoms with E-state index in [1.807, 2.05) is 44.2 Å². The number of halogens is 1. The lowest BCUT2D eigenvalue weighted by atomic mass is 10.1. The van der Waals surface area contributed by atoms with Crippen molar-refractivity contribution in [3.8, 4) is 17.6 Å². The first-order chi connectivity index (χ1) is 12.0. The summed E-state index contributed by atoms with van der Waals surface area (Å²) in [5.41, 5.74) is 1.48. The zero-order chi connectivity index (χ0) is 18.2. The molecule has 0 radical (unpaired) electrons. The van der Waals surface area contributed by atoms with Gasteiger partial charge >= 0.3 is 0 Å². The minimum absolute atomic E-state index is 0.128. The molecule has 0 spiro atoms. The first-order valence-corrected chi connectivity index (χ1v) is 8.67. The number of carbonyl (C=O) groups excluding carboxylic acids is 1. The van der Waals surface area contributed by atoms with Crippen molar-refractivity contribution in [2.75, 3.05) is 13.2 Å². The summed E-state index contributed by atoms with van der Waals surface area (Å²) in [6, 6.07) is 14.5. The van der Waals surface area contributed by atoms with E-state index in [9.17, 15) is 4.79 Å². The van der Waals surface area contributed by atoms with Crippen molar-refractivity contribution >= 4 is 21.8 Å². The van der Waals surface area contributed by atoms with E-state index in [-0.39, 0.29) is 18.6 Å². The molecule has 25 heavy (non-hydrogen) atoms. The second kappa shape index (κ2) is 9.09. The lowest BCUT2D eigenvalue weighted by Crippen LogP contribution is -2.31. The van der Waals surface area contributed by atoms with E-state index in [4.69, 9.17) is 14.7 Å². The van der Waals surface area contributed by atoms with Crippen LogP contribution in [0.3, 0.4) is 0 Å². The number of nitrogens with one attached hydrogen (secondary N) is 1. The fraction of sp³-hybridized carbons (Fsp3) is 0.263. The Balaban J connectivity index is 1.95. The van der Waals surface area contributed by atoms with Crippen molar-refractivity contribution in [3.63, 3.8) is 0 Å². The molecule has 0 saturated carbocycles. The van der Waals surface area contributed by atoms with E-state index in [1.165, 1.54) is 0 Å². The van der Waals surface area contributed by atoms with E-state index in [2.05, 4.69) is 21.2 Å². The summed E-state index contributed by atoms with van der Waals surface area (Å²) < 4.78 is 12.0. The van der Waals surface area contributed by atoms with Gasteiger partial charge in [0.15, 0.2) is 18.1 Å². The number of ether oxygens (including phenoxy) is 2. The van der Waals surface area contributed by atoms with Crippen LogP contribution in [0.15, 0.2) is 46.9 Å². The van der Waals surface area contributed by atoms with Crippen LogP contribution >= 0.6 is 15.9 Å². The summed E-state index contributed by atoms with van der Waals surface area (Å²) in [5, 5.41) is 11.8. The Bertz CT molecular complexity index is 769. The van der Waals surface area contributed by atoms with Crippen LogP contribution in [0.1, 0.15) is 31.0 Å². The van der Waals surface area contributed by atoms with Gasteiger partial charge in [-0.15, -0.1) is 0 Å². The highest BCUT2D eigenvalue weighted by atomic mass is 79.9. The van der Waals surface area contributed by atoms with Crippen LogP contribution in [0.4, 0.5) is 0 Å². The van der Waals surface area contributed by atoms with Gasteiger partial charge in [0.2, 0.25) is 0 Å². The number of amides is 1. The molecule has 0 aliphatic carbocycles. The van der Waals surface area contributed by atoms with Crippen molar-refractivity contribution in [2.24, 2.45) is 0 Å². The maximum absolute atomic E-state index is 12.1. The number of hydrogen-bond donors (Lipinski definition) is 1. The second-order valence-corrected chi connectivity index (χ2v) is 6.25. The third-order valence-electron chi connectivity index (χ3n) is 3.48. The maximum Gasteiger partial charge on any atom is 0.258 e. The van der Waals surface area contributed by atoms with Crippen LogP contribution in [0, 0.1) is 11.3 Å². The van der Waals surface area contributed by atoms with Crippen molar-refractivity contribution in [3.05, 3.63) is 58.1 Å². The molecule has 5 nitrogen and oxygen atoms in total. The van der Waals surface area contributed by atoms with Crippen molar-refractivity contribution in [1.82, 2.24) is 5.32 Å². The number of nitriles is 1. The highest BCUT2D eigenvalue weighted by Crippen LogP contribution is 2.28. The average molecular weight is 403 g/mol. The zero-order valence-electron chi connectivity index (χ0n) is 14.1. The number of nitrogens with zero attached hydrogens (tertiary/aromatic N) is 1. The molecule has 2 aromatic carbocycles. The summed E-state index contributed by atoms with van der Waals surface area (Å²) in [6.07, 6.45) is 0. The Kier molecular flexibility index (Phi) is 6.84. The third kappa shape index (κ3) is 5.50. The lowest BCUT2D eigenvalue weighted by Gasteiger charge is -2.16. The average Bonchev–Trinajstić information content (AvgIpc) is 2.61. The molecule has 0 aliphatic rings. The van der Waals surface area contributed by atoms with Crippen molar-refractivity contribution in [2.45, 2.75) is 19.9 Å². The molecule has 1 atom stereocenters. The van der Waals surface area contributed by atoms with Gasteiger partial charge in [0.05, 0.1) is 24.3 Å². The second-order valence-electron chi connectivity index (χ2n) is 5.34. The first kappa shape index (κ1) is 18.8. The van der Waals surface area contributed by atoms with Gasteiger partial charge in [-0.1, -0.05) is 28.1 Å². The van der Waals surface area contributed by atoms with Gasteiger partial charge in [-0.05, 0) is 43.7 Å². The molecule has 6 heteroatoms. The van der Waals surface area contributed by atoms with E-state index >= 15 is 0 Å². The predicted octanol–water partition coefficient (Wildman–Crippen LogP) is 3.98. The van der Waals surface area contributed by atoms with Crippen molar-refractivity contribution < 1.29 is 14.3 Å². The van der Waals surface area contributed by atoms with Gasteiger partial charge in [0.25, 0.3) is 5.91 Å². The Labute approximate surface area is 155 Å². The van der Waals surface area contributed by atoms with Crippen LogP contribution in [0.5, 0.6) is 11.5 Å². The first-order valence-electron chi connectivity index (χ1n) is 7.88. The molecule has 1 N–H and O–H groups in total. The number of carbonyl (C=O) groups is 1. The third-order valence-corrected chi connectivity index (χ3v) is 4.01. The molecule has 0 heterocycles. The molecule has 2 aromatic rings. The minimum atomic E-state index is -0.234. The van der Waals surface area contributed by atoms with E-state index in [1.54, 1.807) is 18.2 Å². The van der Waals surface area contributed by atoms with Gasteiger partial charge in [-0.3, -0.25) is 4.79 Å². The van der Waals surface area contributed by atoms with Crippen LogP contribution < -0.4 is 14.8 Å². The molecule has 1 unspecified atom stereocenters. The number of hydrogen-bond acceptors (Lipinski definition) is 4. The summed E-state index contributed by atoms with van der Waals surface area (Å²) >= 11 is 3.39. The standard InChI is InChI=1S/C19H19BrN2O3/c1-3-24-18-10-14(11-21)4-9-17(18)25-12-19(23)22-13(2)15-5-7-16(20)8-6-15/h4-10,13H,3,12H2,1-2H3,(H,22,23). The molecule has 0 fully saturated rings. The maximum atomic E-state index is 12.1. The number of benzene rings is 2. The summed E-state index contributed by atoms with van der Waals surface area (Å²) in [4.78, 5) is 12.1. The largest absolute Gasteiger partial charge is 0.490 e. The lowest BCUT2D eigenvalue weighted by molar-refractivity contribution is -0.123. The van der Waals surface area contributed by atoms with E-state index in [0.29, 0.717) is 23.7 Å². The highest BCUT2D eigenvalue weighted by Gasteiger charge is 2.12.